The van der Waals surface area contributed by atoms with Crippen LogP contribution in [-0.2, 0) is 14.3 Å². The van der Waals surface area contributed by atoms with Gasteiger partial charge in [0.15, 0.2) is 6.10 Å². The molecule has 2 rings (SSSR count). The van der Waals surface area contributed by atoms with Crippen molar-refractivity contribution in [2.24, 2.45) is 0 Å². The third-order valence-corrected chi connectivity index (χ3v) is 4.91. The molecule has 0 saturated carbocycles. The summed E-state index contributed by atoms with van der Waals surface area (Å²) in [5.74, 6) is -1.26. The molecule has 2 aromatic rings. The third-order valence-electron chi connectivity index (χ3n) is 3.71. The molecule has 7 nitrogen and oxygen atoms in total. The van der Waals surface area contributed by atoms with Gasteiger partial charge in [-0.15, -0.1) is 0 Å². The summed E-state index contributed by atoms with van der Waals surface area (Å²) in [6, 6.07) is 11.7. The predicted molar refractivity (Wildman–Crippen MR) is 120 cm³/mol. The number of carbonyl (C=O) groups excluding carboxylic acids is 1. The molecule has 154 valence electrons. The molecule has 2 atom stereocenters. The van der Waals surface area contributed by atoms with Crippen molar-refractivity contribution in [1.29, 1.82) is 0 Å². The number of ether oxygens (including phenoxy) is 2. The van der Waals surface area contributed by atoms with Crippen LogP contribution in [0.4, 0.5) is 10.5 Å². The van der Waals surface area contributed by atoms with Crippen molar-refractivity contribution < 1.29 is 29.3 Å². The summed E-state index contributed by atoms with van der Waals surface area (Å²) >= 11 is 5.38. The van der Waals surface area contributed by atoms with Crippen molar-refractivity contribution in [3.63, 3.8) is 0 Å². The van der Waals surface area contributed by atoms with Gasteiger partial charge in [0.25, 0.3) is 0 Å². The summed E-state index contributed by atoms with van der Waals surface area (Å²) < 4.78 is 12.8. The van der Waals surface area contributed by atoms with Gasteiger partial charge in [-0.2, -0.15) is 0 Å². The molecule has 1 amide bonds. The highest BCUT2D eigenvalue weighted by molar-refractivity contribution is 14.1. The van der Waals surface area contributed by atoms with Gasteiger partial charge < -0.3 is 19.7 Å². The van der Waals surface area contributed by atoms with Gasteiger partial charge in [-0.05, 0) is 78.1 Å². The maximum absolute atomic E-state index is 12.5. The molecule has 0 aliphatic carbocycles. The lowest BCUT2D eigenvalue weighted by atomic mass is 10.0. The highest BCUT2D eigenvalue weighted by atomic mass is 127. The Morgan fingerprint density at radius 3 is 2.55 bits per heavy atom. The number of carbonyl (C=O) groups is 2. The summed E-state index contributed by atoms with van der Waals surface area (Å²) in [7, 11) is 0. The number of rotatable bonds is 8. The van der Waals surface area contributed by atoms with Gasteiger partial charge in [0.2, 0.25) is 0 Å². The van der Waals surface area contributed by atoms with E-state index in [1.54, 1.807) is 43.3 Å². The van der Waals surface area contributed by atoms with Gasteiger partial charge in [-0.25, -0.2) is 9.59 Å². The standard InChI is InChI=1S/C20H19BrINO6/c1-2-28-17(9-10-18(25)26)19(15-11-13(22)5-8-16(15)24)29-20(27)23-14-6-3-12(21)4-7-14/h3-11,17,19,24H,2H2,1H3,(H,23,27)(H,25,26)/b10-9+/t17-,19-/m1/s1. The molecular weight excluding hydrogens is 557 g/mol. The number of aromatic hydroxyl groups is 1. The Hall–Kier alpha value is -2.11. The molecule has 0 aliphatic rings. The van der Waals surface area contributed by atoms with Crippen LogP contribution in [0.15, 0.2) is 59.1 Å². The van der Waals surface area contributed by atoms with Gasteiger partial charge in [0.05, 0.1) is 0 Å². The molecule has 0 saturated heterocycles. The molecule has 0 heterocycles. The molecule has 9 heteroatoms. The van der Waals surface area contributed by atoms with E-state index in [0.29, 0.717) is 11.3 Å². The van der Waals surface area contributed by atoms with Gasteiger partial charge in [0.1, 0.15) is 11.9 Å². The summed E-state index contributed by atoms with van der Waals surface area (Å²) in [4.78, 5) is 23.5. The van der Waals surface area contributed by atoms with Crippen LogP contribution in [0.1, 0.15) is 18.6 Å². The van der Waals surface area contributed by atoms with Crippen LogP contribution in [-0.4, -0.2) is 35.0 Å². The molecule has 0 bridgehead atoms. The van der Waals surface area contributed by atoms with E-state index in [9.17, 15) is 14.7 Å². The minimum absolute atomic E-state index is 0.0970. The molecule has 2 aromatic carbocycles. The quantitative estimate of drug-likeness (QED) is 0.299. The number of nitrogens with one attached hydrogen (secondary N) is 1. The first-order chi connectivity index (χ1) is 13.8. The summed E-state index contributed by atoms with van der Waals surface area (Å²) in [6.45, 7) is 1.97. The first kappa shape index (κ1) is 23.2. The number of hydrogen-bond acceptors (Lipinski definition) is 5. The fourth-order valence-electron chi connectivity index (χ4n) is 2.47. The zero-order valence-corrected chi connectivity index (χ0v) is 19.1. The maximum Gasteiger partial charge on any atom is 0.412 e. The number of aliphatic carboxylic acids is 1. The Kier molecular flexibility index (Phi) is 8.93. The SMILES string of the molecule is CCO[C@H](/C=C/C(=O)O)[C@H](OC(=O)Nc1ccc(Br)cc1)c1cc(I)ccc1O. The van der Waals surface area contributed by atoms with E-state index < -0.39 is 24.3 Å². The third kappa shape index (κ3) is 7.33. The number of phenolic OH excluding ortho intramolecular Hbond substituents is 1. The van der Waals surface area contributed by atoms with Crippen LogP contribution in [0.2, 0.25) is 0 Å². The van der Waals surface area contributed by atoms with Crippen molar-refractivity contribution in [3.8, 4) is 5.75 Å². The van der Waals surface area contributed by atoms with E-state index in [-0.39, 0.29) is 12.4 Å². The lowest BCUT2D eigenvalue weighted by Crippen LogP contribution is -2.28. The van der Waals surface area contributed by atoms with E-state index in [1.165, 1.54) is 12.1 Å². The van der Waals surface area contributed by atoms with Gasteiger partial charge >= 0.3 is 12.1 Å². The molecule has 0 aliphatic heterocycles. The molecule has 0 aromatic heterocycles. The maximum atomic E-state index is 12.5. The summed E-state index contributed by atoms with van der Waals surface area (Å²) in [5.41, 5.74) is 0.814. The fourth-order valence-corrected chi connectivity index (χ4v) is 3.25. The molecule has 29 heavy (non-hydrogen) atoms. The van der Waals surface area contributed by atoms with Gasteiger partial charge in [-0.3, -0.25) is 5.32 Å². The second-order valence-corrected chi connectivity index (χ2v) is 7.94. The van der Waals surface area contributed by atoms with Crippen molar-refractivity contribution in [3.05, 3.63) is 68.2 Å². The topological polar surface area (TPSA) is 105 Å². The molecule has 0 fully saturated rings. The van der Waals surface area contributed by atoms with Crippen LogP contribution < -0.4 is 5.32 Å². The number of hydrogen-bond donors (Lipinski definition) is 3. The number of carboxylic acids is 1. The van der Waals surface area contributed by atoms with Crippen molar-refractivity contribution in [1.82, 2.24) is 0 Å². The smallest absolute Gasteiger partial charge is 0.412 e. The Bertz CT molecular complexity index is 887. The Labute approximate surface area is 190 Å². The average molecular weight is 576 g/mol. The first-order valence-electron chi connectivity index (χ1n) is 8.54. The number of amides is 1. The van der Waals surface area contributed by atoms with Crippen molar-refractivity contribution in [2.45, 2.75) is 19.1 Å². The first-order valence-corrected chi connectivity index (χ1v) is 10.4. The zero-order chi connectivity index (χ0) is 21.4. The van der Waals surface area contributed by atoms with E-state index in [1.807, 2.05) is 0 Å². The molecule has 0 radical (unpaired) electrons. The monoisotopic (exact) mass is 575 g/mol. The molecular formula is C20H19BrINO6. The Morgan fingerprint density at radius 2 is 1.93 bits per heavy atom. The van der Waals surface area contributed by atoms with Gasteiger partial charge in [0, 0.05) is 32.0 Å². The van der Waals surface area contributed by atoms with Crippen LogP contribution >= 0.6 is 38.5 Å². The Balaban J connectivity index is 2.34. The zero-order valence-electron chi connectivity index (χ0n) is 15.3. The van der Waals surface area contributed by atoms with E-state index in [0.717, 1.165) is 14.1 Å². The van der Waals surface area contributed by atoms with Crippen LogP contribution in [0.5, 0.6) is 5.75 Å². The minimum atomic E-state index is -1.17. The number of anilines is 1. The lowest BCUT2D eigenvalue weighted by Gasteiger charge is -2.26. The summed E-state index contributed by atoms with van der Waals surface area (Å²) in [5, 5.41) is 21.9. The second-order valence-electron chi connectivity index (χ2n) is 5.78. The molecule has 3 N–H and O–H groups in total. The number of benzene rings is 2. The van der Waals surface area contributed by atoms with E-state index >= 15 is 0 Å². The normalized spacial score (nSPS) is 13.1. The van der Waals surface area contributed by atoms with Crippen LogP contribution in [0.3, 0.4) is 0 Å². The van der Waals surface area contributed by atoms with E-state index in [4.69, 9.17) is 14.6 Å². The average Bonchev–Trinajstić information content (AvgIpc) is 2.67. The van der Waals surface area contributed by atoms with Gasteiger partial charge in [-0.1, -0.05) is 15.9 Å². The number of phenols is 1. The Morgan fingerprint density at radius 1 is 1.24 bits per heavy atom. The van der Waals surface area contributed by atoms with Crippen molar-refractivity contribution >= 4 is 56.3 Å². The molecule has 0 unspecified atom stereocenters. The van der Waals surface area contributed by atoms with Crippen LogP contribution in [0.25, 0.3) is 0 Å². The lowest BCUT2D eigenvalue weighted by molar-refractivity contribution is -0.131. The number of carboxylic acid groups (broad SMARTS) is 1. The largest absolute Gasteiger partial charge is 0.508 e. The van der Waals surface area contributed by atoms with E-state index in [2.05, 4.69) is 43.8 Å². The fraction of sp³-hybridized carbons (Fsp3) is 0.200. The highest BCUT2D eigenvalue weighted by Gasteiger charge is 2.29. The summed E-state index contributed by atoms with van der Waals surface area (Å²) in [6.07, 6.45) is -0.577. The van der Waals surface area contributed by atoms with Crippen LogP contribution in [0, 0.1) is 3.57 Å². The predicted octanol–water partition coefficient (Wildman–Crippen LogP) is 5.10. The minimum Gasteiger partial charge on any atom is -0.508 e. The second kappa shape index (κ2) is 11.2. The highest BCUT2D eigenvalue weighted by Crippen LogP contribution is 2.33. The van der Waals surface area contributed by atoms with Crippen molar-refractivity contribution in [2.75, 3.05) is 11.9 Å². The molecule has 0 spiro atoms. The number of halogens is 2.